The fourth-order valence-electron chi connectivity index (χ4n) is 2.92. The maximum absolute atomic E-state index is 5.87. The van der Waals surface area contributed by atoms with Gasteiger partial charge in [-0.1, -0.05) is 60.7 Å². The summed E-state index contributed by atoms with van der Waals surface area (Å²) in [7, 11) is 0. The van der Waals surface area contributed by atoms with Gasteiger partial charge in [-0.25, -0.2) is 9.97 Å². The molecular weight excluding hydrogens is 350 g/mol. The van der Waals surface area contributed by atoms with Crippen LogP contribution in [0.15, 0.2) is 100 Å². The molecule has 3 heterocycles. The Labute approximate surface area is 161 Å². The third kappa shape index (κ3) is 3.10. The number of hydrogen-bond acceptors (Lipinski definition) is 5. The molecule has 0 fully saturated rings. The SMILES string of the molecule is c1ccc(-c2cnc(-c3ccc(-c4ncc(-c5ccccc5)o4)nc3)o2)cc1. The van der Waals surface area contributed by atoms with Gasteiger partial charge in [0.2, 0.25) is 11.8 Å². The molecule has 2 aromatic carbocycles. The van der Waals surface area contributed by atoms with Crippen LogP contribution in [0.2, 0.25) is 0 Å². The van der Waals surface area contributed by atoms with Crippen LogP contribution in [0.3, 0.4) is 0 Å². The normalized spacial score (nSPS) is 10.9. The van der Waals surface area contributed by atoms with E-state index in [1.54, 1.807) is 18.6 Å². The third-order valence-corrected chi connectivity index (χ3v) is 4.36. The number of aromatic nitrogens is 3. The van der Waals surface area contributed by atoms with Crippen LogP contribution in [-0.4, -0.2) is 15.0 Å². The van der Waals surface area contributed by atoms with Gasteiger partial charge < -0.3 is 8.83 Å². The summed E-state index contributed by atoms with van der Waals surface area (Å²) < 4.78 is 11.7. The molecule has 3 aromatic heterocycles. The van der Waals surface area contributed by atoms with Crippen molar-refractivity contribution in [1.82, 2.24) is 15.0 Å². The van der Waals surface area contributed by atoms with E-state index in [2.05, 4.69) is 15.0 Å². The largest absolute Gasteiger partial charge is 0.436 e. The van der Waals surface area contributed by atoms with E-state index in [1.807, 2.05) is 72.8 Å². The van der Waals surface area contributed by atoms with Crippen LogP contribution in [0.1, 0.15) is 0 Å². The molecule has 0 radical (unpaired) electrons. The standard InChI is InChI=1S/C23H15N3O2/c1-3-7-16(8-4-1)20-14-25-22(27-20)18-11-12-19(24-13-18)23-26-15-21(28-23)17-9-5-2-6-10-17/h1-15H. The molecule has 0 N–H and O–H groups in total. The van der Waals surface area contributed by atoms with E-state index in [0.29, 0.717) is 23.2 Å². The number of rotatable bonds is 4. The Balaban J connectivity index is 1.40. The van der Waals surface area contributed by atoms with Gasteiger partial charge in [-0.15, -0.1) is 0 Å². The van der Waals surface area contributed by atoms with Gasteiger partial charge in [0.25, 0.3) is 0 Å². The minimum Gasteiger partial charge on any atom is -0.436 e. The summed E-state index contributed by atoms with van der Waals surface area (Å²) in [6.45, 7) is 0. The van der Waals surface area contributed by atoms with E-state index in [0.717, 1.165) is 22.5 Å². The summed E-state index contributed by atoms with van der Waals surface area (Å²) in [6, 6.07) is 23.5. The first-order valence-electron chi connectivity index (χ1n) is 8.86. The second-order valence-corrected chi connectivity index (χ2v) is 6.22. The van der Waals surface area contributed by atoms with Crippen molar-refractivity contribution >= 4 is 0 Å². The van der Waals surface area contributed by atoms with Crippen molar-refractivity contribution in [3.63, 3.8) is 0 Å². The molecule has 0 bridgehead atoms. The average molecular weight is 365 g/mol. The van der Waals surface area contributed by atoms with Gasteiger partial charge in [0.05, 0.1) is 18.0 Å². The topological polar surface area (TPSA) is 65.0 Å². The molecule has 0 amide bonds. The lowest BCUT2D eigenvalue weighted by molar-refractivity contribution is 0.584. The molecule has 0 spiro atoms. The van der Waals surface area contributed by atoms with Crippen LogP contribution < -0.4 is 0 Å². The van der Waals surface area contributed by atoms with Gasteiger partial charge in [0, 0.05) is 17.3 Å². The number of nitrogens with zero attached hydrogens (tertiary/aromatic N) is 3. The van der Waals surface area contributed by atoms with E-state index in [-0.39, 0.29) is 0 Å². The van der Waals surface area contributed by atoms with Gasteiger partial charge in [-0.05, 0) is 12.1 Å². The summed E-state index contributed by atoms with van der Waals surface area (Å²) in [4.78, 5) is 13.2. The fraction of sp³-hybridized carbons (Fsp3) is 0. The zero-order chi connectivity index (χ0) is 18.8. The Morgan fingerprint density at radius 3 is 1.61 bits per heavy atom. The highest BCUT2D eigenvalue weighted by molar-refractivity contribution is 5.63. The summed E-state index contributed by atoms with van der Waals surface area (Å²) >= 11 is 0. The molecule has 0 atom stereocenters. The lowest BCUT2D eigenvalue weighted by Gasteiger charge is -1.99. The van der Waals surface area contributed by atoms with Gasteiger partial charge in [0.1, 0.15) is 5.69 Å². The van der Waals surface area contributed by atoms with Gasteiger partial charge in [-0.2, -0.15) is 0 Å². The molecule has 0 aliphatic carbocycles. The number of pyridine rings is 1. The third-order valence-electron chi connectivity index (χ3n) is 4.36. The minimum absolute atomic E-state index is 0.475. The summed E-state index contributed by atoms with van der Waals surface area (Å²) in [5, 5.41) is 0. The molecular formula is C23H15N3O2. The van der Waals surface area contributed by atoms with E-state index in [4.69, 9.17) is 8.83 Å². The van der Waals surface area contributed by atoms with Crippen LogP contribution in [-0.2, 0) is 0 Å². The first-order valence-corrected chi connectivity index (χ1v) is 8.86. The van der Waals surface area contributed by atoms with Crippen molar-refractivity contribution in [2.75, 3.05) is 0 Å². The second kappa shape index (κ2) is 6.96. The van der Waals surface area contributed by atoms with Crippen LogP contribution in [0.25, 0.3) is 45.7 Å². The molecule has 5 nitrogen and oxygen atoms in total. The maximum Gasteiger partial charge on any atom is 0.245 e. The number of hydrogen-bond donors (Lipinski definition) is 0. The number of benzene rings is 2. The highest BCUT2D eigenvalue weighted by Gasteiger charge is 2.12. The van der Waals surface area contributed by atoms with Crippen molar-refractivity contribution in [2.45, 2.75) is 0 Å². The predicted molar refractivity (Wildman–Crippen MR) is 106 cm³/mol. The minimum atomic E-state index is 0.475. The monoisotopic (exact) mass is 365 g/mol. The maximum atomic E-state index is 5.87. The lowest BCUT2D eigenvalue weighted by atomic mass is 10.2. The molecule has 5 rings (SSSR count). The molecule has 0 aliphatic rings. The van der Waals surface area contributed by atoms with Gasteiger partial charge in [-0.3, -0.25) is 4.98 Å². The average Bonchev–Trinajstić information content (AvgIpc) is 3.46. The highest BCUT2D eigenvalue weighted by atomic mass is 16.4. The van der Waals surface area contributed by atoms with E-state index >= 15 is 0 Å². The van der Waals surface area contributed by atoms with E-state index in [9.17, 15) is 0 Å². The molecule has 0 aliphatic heterocycles. The zero-order valence-corrected chi connectivity index (χ0v) is 14.8. The molecule has 0 saturated carbocycles. The van der Waals surface area contributed by atoms with Gasteiger partial charge in [0.15, 0.2) is 11.5 Å². The van der Waals surface area contributed by atoms with Crippen LogP contribution >= 0.6 is 0 Å². The zero-order valence-electron chi connectivity index (χ0n) is 14.8. The molecule has 0 unspecified atom stereocenters. The Kier molecular flexibility index (Phi) is 4.03. The quantitative estimate of drug-likeness (QED) is 0.407. The summed E-state index contributed by atoms with van der Waals surface area (Å²) in [5.74, 6) is 2.43. The number of oxazole rings is 2. The Morgan fingerprint density at radius 2 is 1.04 bits per heavy atom. The molecule has 0 saturated heterocycles. The molecule has 28 heavy (non-hydrogen) atoms. The summed E-state index contributed by atoms with van der Waals surface area (Å²) in [5.41, 5.74) is 3.41. The Morgan fingerprint density at radius 1 is 0.464 bits per heavy atom. The van der Waals surface area contributed by atoms with Crippen LogP contribution in [0.4, 0.5) is 0 Å². The predicted octanol–water partition coefficient (Wildman–Crippen LogP) is 5.73. The van der Waals surface area contributed by atoms with Crippen molar-refractivity contribution in [3.05, 3.63) is 91.4 Å². The van der Waals surface area contributed by atoms with E-state index < -0.39 is 0 Å². The van der Waals surface area contributed by atoms with Crippen LogP contribution in [0, 0.1) is 0 Å². The molecule has 5 heteroatoms. The summed E-state index contributed by atoms with van der Waals surface area (Å²) in [6.07, 6.45) is 5.14. The Bertz CT molecular complexity index is 1100. The fourth-order valence-corrected chi connectivity index (χ4v) is 2.92. The smallest absolute Gasteiger partial charge is 0.245 e. The lowest BCUT2D eigenvalue weighted by Crippen LogP contribution is -1.85. The van der Waals surface area contributed by atoms with E-state index in [1.165, 1.54) is 0 Å². The van der Waals surface area contributed by atoms with Crippen molar-refractivity contribution in [2.24, 2.45) is 0 Å². The van der Waals surface area contributed by atoms with Crippen LogP contribution in [0.5, 0.6) is 0 Å². The second-order valence-electron chi connectivity index (χ2n) is 6.22. The van der Waals surface area contributed by atoms with Crippen molar-refractivity contribution in [3.8, 4) is 45.7 Å². The highest BCUT2D eigenvalue weighted by Crippen LogP contribution is 2.28. The molecule has 134 valence electrons. The first kappa shape index (κ1) is 16.2. The van der Waals surface area contributed by atoms with Gasteiger partial charge >= 0.3 is 0 Å². The van der Waals surface area contributed by atoms with Crippen molar-refractivity contribution < 1.29 is 8.83 Å². The first-order chi connectivity index (χ1) is 13.9. The van der Waals surface area contributed by atoms with Crippen molar-refractivity contribution in [1.29, 1.82) is 0 Å². The molecule has 5 aromatic rings. The Hall–Kier alpha value is -3.99.